The molecule has 1 aromatic carbocycles. The number of piperidine rings is 1. The molecule has 4 heterocycles. The van der Waals surface area contributed by atoms with Gasteiger partial charge in [-0.25, -0.2) is 4.98 Å². The number of fused-ring (bicyclic) bond motifs is 2. The van der Waals surface area contributed by atoms with Crippen molar-refractivity contribution in [1.82, 2.24) is 15.2 Å². The molecule has 0 spiro atoms. The molecule has 8 heteroatoms. The monoisotopic (exact) mass is 510 g/mol. The lowest BCUT2D eigenvalue weighted by molar-refractivity contribution is -0.136. The van der Waals surface area contributed by atoms with Crippen molar-refractivity contribution in [2.75, 3.05) is 44.6 Å². The fraction of sp³-hybridized carbons (Fsp3) is 0.552. The van der Waals surface area contributed by atoms with Crippen LogP contribution in [0.15, 0.2) is 36.4 Å². The highest BCUT2D eigenvalue weighted by Crippen LogP contribution is 2.23. The number of aliphatic carboxylic acids is 1. The highest BCUT2D eigenvalue weighted by molar-refractivity contribution is 5.67. The van der Waals surface area contributed by atoms with Gasteiger partial charge in [0.25, 0.3) is 0 Å². The Morgan fingerprint density at radius 1 is 1.05 bits per heavy atom. The number of benzene rings is 1. The molecular weight excluding hydrogens is 468 g/mol. The van der Waals surface area contributed by atoms with Gasteiger partial charge < -0.3 is 25.4 Å². The van der Waals surface area contributed by atoms with Crippen LogP contribution in [-0.4, -0.2) is 66.7 Å². The number of rotatable bonds is 8. The molecule has 0 aliphatic carbocycles. The predicted molar refractivity (Wildman–Crippen MR) is 146 cm³/mol. The van der Waals surface area contributed by atoms with E-state index in [1.807, 2.05) is 12.1 Å². The number of carbonyl (C=O) groups excluding carboxylic acids is 1. The van der Waals surface area contributed by atoms with Crippen molar-refractivity contribution >= 4 is 18.2 Å². The van der Waals surface area contributed by atoms with Crippen LogP contribution in [0, 0.1) is 0 Å². The molecule has 3 aliphatic rings. The molecule has 0 unspecified atom stereocenters. The van der Waals surface area contributed by atoms with Crippen molar-refractivity contribution < 1.29 is 19.4 Å². The van der Waals surface area contributed by atoms with Gasteiger partial charge in [-0.2, -0.15) is 0 Å². The first-order chi connectivity index (χ1) is 18.2. The summed E-state index contributed by atoms with van der Waals surface area (Å²) in [5.41, 5.74) is 4.00. The smallest absolute Gasteiger partial charge is 0.305 e. The number of carboxylic acids is 1. The quantitative estimate of drug-likeness (QED) is 0.363. The lowest BCUT2D eigenvalue weighted by atomic mass is 10.1. The summed E-state index contributed by atoms with van der Waals surface area (Å²) in [6.45, 7) is 6.03. The number of carboxylic acid groups (broad SMARTS) is 1. The standard InChI is InChI=1S/C16H25N3.C9H10O.C4H7NO3/c1-2-11-19(12-3-1)13-5-7-15-9-8-14-6-4-10-17-16(14)18-15;1-2-6-9-8(4-1)5-3-7-10-9;6-3-5-2-1-4(7)8/h8-9H,1-7,10-13H2,(H,17,18);1-2,4,6H,3,5,7H2;3H,1-2H2,(H,5,6)(H,7,8). The molecule has 1 aromatic heterocycles. The maximum atomic E-state index is 9.72. The lowest BCUT2D eigenvalue weighted by Gasteiger charge is -2.26. The van der Waals surface area contributed by atoms with Crippen molar-refractivity contribution in [3.8, 4) is 5.75 Å². The summed E-state index contributed by atoms with van der Waals surface area (Å²) in [7, 11) is 0. The van der Waals surface area contributed by atoms with E-state index in [2.05, 4.69) is 39.8 Å². The van der Waals surface area contributed by atoms with E-state index in [1.165, 1.54) is 81.4 Å². The number of hydrogen-bond acceptors (Lipinski definition) is 6. The van der Waals surface area contributed by atoms with Crippen molar-refractivity contribution in [2.24, 2.45) is 0 Å². The number of anilines is 1. The van der Waals surface area contributed by atoms with Crippen LogP contribution < -0.4 is 15.4 Å². The number of hydrogen-bond donors (Lipinski definition) is 3. The van der Waals surface area contributed by atoms with E-state index in [4.69, 9.17) is 14.8 Å². The minimum absolute atomic E-state index is 0.0151. The largest absolute Gasteiger partial charge is 0.493 e. The van der Waals surface area contributed by atoms with Gasteiger partial charge in [0.05, 0.1) is 13.0 Å². The topological polar surface area (TPSA) is 104 Å². The molecule has 2 aromatic rings. The van der Waals surface area contributed by atoms with Gasteiger partial charge in [0.15, 0.2) is 0 Å². The van der Waals surface area contributed by atoms with Crippen LogP contribution in [0.2, 0.25) is 0 Å². The number of carbonyl (C=O) groups is 2. The first-order valence-electron chi connectivity index (χ1n) is 13.7. The molecule has 1 saturated heterocycles. The minimum atomic E-state index is -0.903. The Balaban J connectivity index is 0.000000177. The SMILES string of the molecule is O=CNCCC(=O)O.c1cc2c(nc1CCCN1CCCCC1)NCCC2.c1ccc2c(c1)CCCO2. The third kappa shape index (κ3) is 10.8. The second-order valence-corrected chi connectivity index (χ2v) is 9.62. The summed E-state index contributed by atoms with van der Waals surface area (Å²) >= 11 is 0. The average molecular weight is 511 g/mol. The Hall–Kier alpha value is -3.13. The number of aromatic nitrogens is 1. The van der Waals surface area contributed by atoms with Gasteiger partial charge in [-0.15, -0.1) is 0 Å². The predicted octanol–water partition coefficient (Wildman–Crippen LogP) is 4.08. The van der Waals surface area contributed by atoms with Crippen LogP contribution in [0.5, 0.6) is 5.75 Å². The molecule has 0 saturated carbocycles. The Morgan fingerprint density at radius 3 is 2.65 bits per heavy atom. The summed E-state index contributed by atoms with van der Waals surface area (Å²) < 4.78 is 5.42. The second-order valence-electron chi connectivity index (χ2n) is 9.62. The van der Waals surface area contributed by atoms with Crippen molar-refractivity contribution in [2.45, 2.75) is 64.2 Å². The molecule has 5 rings (SSSR count). The molecule has 8 nitrogen and oxygen atoms in total. The van der Waals surface area contributed by atoms with Crippen molar-refractivity contribution in [1.29, 1.82) is 0 Å². The summed E-state index contributed by atoms with van der Waals surface area (Å²) in [4.78, 5) is 26.6. The number of amides is 1. The van der Waals surface area contributed by atoms with E-state index < -0.39 is 5.97 Å². The van der Waals surface area contributed by atoms with Gasteiger partial charge in [-0.05, 0) is 94.3 Å². The molecule has 0 bridgehead atoms. The first kappa shape index (κ1) is 28.4. The number of likely N-dealkylation sites (tertiary alicyclic amines) is 1. The molecule has 3 N–H and O–H groups in total. The summed E-state index contributed by atoms with van der Waals surface area (Å²) in [5, 5.41) is 13.6. The molecule has 1 amide bonds. The summed E-state index contributed by atoms with van der Waals surface area (Å²) in [5.74, 6) is 1.31. The van der Waals surface area contributed by atoms with Gasteiger partial charge in [0, 0.05) is 18.8 Å². The Morgan fingerprint density at radius 2 is 1.86 bits per heavy atom. The number of pyridine rings is 1. The zero-order valence-electron chi connectivity index (χ0n) is 21.9. The van der Waals surface area contributed by atoms with E-state index in [-0.39, 0.29) is 13.0 Å². The van der Waals surface area contributed by atoms with Crippen LogP contribution in [0.3, 0.4) is 0 Å². The van der Waals surface area contributed by atoms with Crippen LogP contribution >= 0.6 is 0 Å². The Labute approximate surface area is 220 Å². The van der Waals surface area contributed by atoms with E-state index in [0.29, 0.717) is 6.41 Å². The molecular formula is C29H42N4O4. The van der Waals surface area contributed by atoms with Gasteiger partial charge in [0.2, 0.25) is 6.41 Å². The van der Waals surface area contributed by atoms with Crippen LogP contribution in [0.1, 0.15) is 61.8 Å². The first-order valence-corrected chi connectivity index (χ1v) is 13.7. The van der Waals surface area contributed by atoms with Gasteiger partial charge in [0.1, 0.15) is 11.6 Å². The lowest BCUT2D eigenvalue weighted by Crippen LogP contribution is -2.30. The molecule has 3 aliphatic heterocycles. The fourth-order valence-corrected chi connectivity index (χ4v) is 4.71. The maximum absolute atomic E-state index is 9.72. The minimum Gasteiger partial charge on any atom is -0.493 e. The molecule has 0 atom stereocenters. The second kappa shape index (κ2) is 16.6. The van der Waals surface area contributed by atoms with E-state index in [0.717, 1.165) is 37.6 Å². The van der Waals surface area contributed by atoms with Crippen molar-refractivity contribution in [3.05, 3.63) is 53.2 Å². The fourth-order valence-electron chi connectivity index (χ4n) is 4.71. The molecule has 37 heavy (non-hydrogen) atoms. The zero-order valence-corrected chi connectivity index (χ0v) is 21.9. The zero-order chi connectivity index (χ0) is 26.1. The molecule has 202 valence electrons. The third-order valence-electron chi connectivity index (χ3n) is 6.69. The Kier molecular flexibility index (Phi) is 12.7. The van der Waals surface area contributed by atoms with Gasteiger partial charge >= 0.3 is 5.97 Å². The highest BCUT2D eigenvalue weighted by Gasteiger charge is 2.12. The van der Waals surface area contributed by atoms with Crippen molar-refractivity contribution in [3.63, 3.8) is 0 Å². The highest BCUT2D eigenvalue weighted by atomic mass is 16.5. The molecule has 0 radical (unpaired) electrons. The van der Waals surface area contributed by atoms with Crippen LogP contribution in [0.4, 0.5) is 5.82 Å². The third-order valence-corrected chi connectivity index (χ3v) is 6.69. The summed E-state index contributed by atoms with van der Waals surface area (Å²) in [6.07, 6.45) is 11.8. The van der Waals surface area contributed by atoms with Crippen LogP contribution in [-0.2, 0) is 28.9 Å². The summed E-state index contributed by atoms with van der Waals surface area (Å²) in [6, 6.07) is 12.7. The molecule has 1 fully saturated rings. The van der Waals surface area contributed by atoms with Crippen LogP contribution in [0.25, 0.3) is 0 Å². The number of nitrogens with one attached hydrogen (secondary N) is 2. The maximum Gasteiger partial charge on any atom is 0.305 e. The van der Waals surface area contributed by atoms with Gasteiger partial charge in [-0.1, -0.05) is 30.7 Å². The van der Waals surface area contributed by atoms with Gasteiger partial charge in [-0.3, -0.25) is 9.59 Å². The Bertz CT molecular complexity index is 938. The number of aryl methyl sites for hydroxylation is 3. The van der Waals surface area contributed by atoms with E-state index in [1.54, 1.807) is 0 Å². The number of para-hydroxylation sites is 1. The average Bonchev–Trinajstić information content (AvgIpc) is 2.94. The number of ether oxygens (including phenoxy) is 1. The van der Waals surface area contributed by atoms with E-state index in [9.17, 15) is 9.59 Å². The normalized spacial score (nSPS) is 16.1. The van der Waals surface area contributed by atoms with E-state index >= 15 is 0 Å². The number of nitrogens with zero attached hydrogens (tertiary/aromatic N) is 2.